The maximum atomic E-state index is 13.3. The number of para-hydroxylation sites is 1. The lowest BCUT2D eigenvalue weighted by atomic mass is 10.1. The molecule has 6 aromatic rings. The highest BCUT2D eigenvalue weighted by atomic mass is 32.2. The molecule has 36 heavy (non-hydrogen) atoms. The highest BCUT2D eigenvalue weighted by Gasteiger charge is 2.33. The molecule has 5 nitrogen and oxygen atoms in total. The topological polar surface area (TPSA) is 67.6 Å². The number of nitrogens with one attached hydrogen (secondary N) is 1. The van der Waals surface area contributed by atoms with Crippen LogP contribution in [-0.4, -0.2) is 20.2 Å². The van der Waals surface area contributed by atoms with Crippen LogP contribution in [0.15, 0.2) is 94.6 Å². The number of hydrogen-bond acceptors (Lipinski definition) is 5. The quantitative estimate of drug-likeness (QED) is 0.244. The minimum atomic E-state index is -4.43. The zero-order valence-electron chi connectivity index (χ0n) is 18.6. The summed E-state index contributed by atoms with van der Waals surface area (Å²) in [6, 6.07) is 25.1. The van der Waals surface area contributed by atoms with Crippen LogP contribution < -0.4 is 0 Å². The third-order valence-electron chi connectivity index (χ3n) is 5.84. The Balaban J connectivity index is 1.38. The Bertz CT molecular complexity index is 1690. The van der Waals surface area contributed by atoms with Gasteiger partial charge in [0.1, 0.15) is 5.69 Å². The van der Waals surface area contributed by atoms with Gasteiger partial charge in [0, 0.05) is 27.6 Å². The Kier molecular flexibility index (Phi) is 5.49. The first kappa shape index (κ1) is 22.4. The first-order chi connectivity index (χ1) is 17.5. The van der Waals surface area contributed by atoms with Gasteiger partial charge in [0.25, 0.3) is 11.1 Å². The number of aromatic nitrogens is 4. The average molecular weight is 503 g/mol. The van der Waals surface area contributed by atoms with Crippen molar-refractivity contribution in [1.29, 1.82) is 0 Å². The third kappa shape index (κ3) is 4.11. The molecule has 0 radical (unpaired) electrons. The van der Waals surface area contributed by atoms with Crippen LogP contribution in [-0.2, 0) is 11.9 Å². The summed E-state index contributed by atoms with van der Waals surface area (Å²) in [6.07, 6.45) is -4.43. The van der Waals surface area contributed by atoms with Crippen molar-refractivity contribution >= 4 is 33.6 Å². The molecule has 3 heterocycles. The number of benzene rings is 3. The van der Waals surface area contributed by atoms with Crippen LogP contribution in [0.2, 0.25) is 0 Å². The molecule has 0 saturated carbocycles. The number of nitrogens with zero attached hydrogens (tertiary/aromatic N) is 3. The molecule has 9 heteroatoms. The van der Waals surface area contributed by atoms with Crippen LogP contribution in [0, 0.1) is 0 Å². The third-order valence-corrected chi connectivity index (χ3v) is 6.71. The minimum absolute atomic E-state index is 0.0431. The largest absolute Gasteiger partial charge is 0.416 e. The van der Waals surface area contributed by atoms with Crippen LogP contribution in [0.1, 0.15) is 11.1 Å². The van der Waals surface area contributed by atoms with E-state index < -0.39 is 11.7 Å². The molecule has 0 bridgehead atoms. The van der Waals surface area contributed by atoms with E-state index >= 15 is 0 Å². The number of rotatable bonds is 5. The van der Waals surface area contributed by atoms with E-state index in [1.165, 1.54) is 12.1 Å². The molecule has 0 spiro atoms. The van der Waals surface area contributed by atoms with E-state index in [-0.39, 0.29) is 22.4 Å². The number of alkyl halides is 3. The lowest BCUT2D eigenvalue weighted by molar-refractivity contribution is -0.138. The van der Waals surface area contributed by atoms with Crippen molar-refractivity contribution in [2.75, 3.05) is 0 Å². The number of aromatic amines is 1. The summed E-state index contributed by atoms with van der Waals surface area (Å²) >= 11 is 1.05. The van der Waals surface area contributed by atoms with E-state index in [2.05, 4.69) is 15.2 Å². The molecule has 178 valence electrons. The van der Waals surface area contributed by atoms with E-state index in [4.69, 9.17) is 9.40 Å². The van der Waals surface area contributed by atoms with Crippen LogP contribution in [0.4, 0.5) is 13.2 Å². The second kappa shape index (κ2) is 8.83. The Labute approximate surface area is 207 Å². The van der Waals surface area contributed by atoms with Gasteiger partial charge in [0.05, 0.1) is 16.8 Å². The standard InChI is InChI=1S/C27H17F3N4OS/c28-27(29,30)20-12-6-4-10-17(20)15-36-26-34-33-25(35-26)22-14-19-18-11-5-7-13-21(18)31-24(19)23(32-22)16-8-2-1-3-9-16/h1-14,31H,15H2. The van der Waals surface area contributed by atoms with Gasteiger partial charge < -0.3 is 9.40 Å². The Hall–Kier alpha value is -4.11. The van der Waals surface area contributed by atoms with E-state index in [1.807, 2.05) is 60.7 Å². The summed E-state index contributed by atoms with van der Waals surface area (Å²) in [4.78, 5) is 8.29. The van der Waals surface area contributed by atoms with Crippen molar-refractivity contribution in [1.82, 2.24) is 20.2 Å². The van der Waals surface area contributed by atoms with E-state index in [1.54, 1.807) is 6.07 Å². The normalized spacial score (nSPS) is 12.0. The molecule has 0 amide bonds. The number of hydrogen-bond donors (Lipinski definition) is 1. The fourth-order valence-corrected chi connectivity index (χ4v) is 4.96. The number of thioether (sulfide) groups is 1. The van der Waals surface area contributed by atoms with Gasteiger partial charge in [-0.25, -0.2) is 4.98 Å². The summed E-state index contributed by atoms with van der Waals surface area (Å²) in [7, 11) is 0. The summed E-state index contributed by atoms with van der Waals surface area (Å²) in [5, 5.41) is 10.4. The predicted octanol–water partition coefficient (Wildman–Crippen LogP) is 7.74. The molecule has 0 aliphatic carbocycles. The molecular weight excluding hydrogens is 485 g/mol. The second-order valence-electron chi connectivity index (χ2n) is 8.13. The molecule has 0 saturated heterocycles. The molecule has 0 unspecified atom stereocenters. The summed E-state index contributed by atoms with van der Waals surface area (Å²) in [6.45, 7) is 0. The van der Waals surface area contributed by atoms with Gasteiger partial charge in [-0.1, -0.05) is 78.5 Å². The number of H-pyrrole nitrogens is 1. The molecule has 0 fully saturated rings. The summed E-state index contributed by atoms with van der Waals surface area (Å²) in [5.41, 5.74) is 3.51. The van der Waals surface area contributed by atoms with Crippen LogP contribution in [0.3, 0.4) is 0 Å². The number of fused-ring (bicyclic) bond motifs is 3. The minimum Gasteiger partial charge on any atom is -0.410 e. The lowest BCUT2D eigenvalue weighted by Crippen LogP contribution is -2.08. The maximum Gasteiger partial charge on any atom is 0.416 e. The first-order valence-electron chi connectivity index (χ1n) is 11.1. The molecule has 3 aromatic carbocycles. The van der Waals surface area contributed by atoms with Crippen molar-refractivity contribution in [3.63, 3.8) is 0 Å². The molecule has 1 N–H and O–H groups in total. The van der Waals surface area contributed by atoms with Crippen LogP contribution >= 0.6 is 11.8 Å². The van der Waals surface area contributed by atoms with Gasteiger partial charge in [-0.15, -0.1) is 10.2 Å². The smallest absolute Gasteiger partial charge is 0.410 e. The summed E-state index contributed by atoms with van der Waals surface area (Å²) in [5.74, 6) is 0.243. The average Bonchev–Trinajstić information content (AvgIpc) is 3.52. The van der Waals surface area contributed by atoms with E-state index in [9.17, 15) is 13.2 Å². The molecule has 6 rings (SSSR count). The highest BCUT2D eigenvalue weighted by molar-refractivity contribution is 7.98. The fourth-order valence-electron chi connectivity index (χ4n) is 4.19. The maximum absolute atomic E-state index is 13.3. The lowest BCUT2D eigenvalue weighted by Gasteiger charge is -2.11. The van der Waals surface area contributed by atoms with Crippen molar-refractivity contribution in [3.8, 4) is 22.8 Å². The molecule has 0 atom stereocenters. The van der Waals surface area contributed by atoms with Crippen LogP contribution in [0.25, 0.3) is 44.6 Å². The second-order valence-corrected chi connectivity index (χ2v) is 9.06. The molecule has 0 aliphatic rings. The monoisotopic (exact) mass is 502 g/mol. The van der Waals surface area contributed by atoms with Crippen molar-refractivity contribution in [3.05, 3.63) is 96.1 Å². The fraction of sp³-hybridized carbons (Fsp3) is 0.0741. The SMILES string of the molecule is FC(F)(F)c1ccccc1CSc1nnc(-c2cc3c([nH]c4ccccc43)c(-c3ccccc3)n2)o1. The van der Waals surface area contributed by atoms with Gasteiger partial charge in [-0.3, -0.25) is 0 Å². The Morgan fingerprint density at radius 1 is 0.833 bits per heavy atom. The molecular formula is C27H17F3N4OS. The predicted molar refractivity (Wildman–Crippen MR) is 133 cm³/mol. The highest BCUT2D eigenvalue weighted by Crippen LogP contribution is 2.37. The number of pyridine rings is 1. The zero-order valence-corrected chi connectivity index (χ0v) is 19.4. The van der Waals surface area contributed by atoms with E-state index in [0.717, 1.165) is 50.9 Å². The van der Waals surface area contributed by atoms with Gasteiger partial charge >= 0.3 is 6.18 Å². The van der Waals surface area contributed by atoms with Crippen LogP contribution in [0.5, 0.6) is 0 Å². The van der Waals surface area contributed by atoms with Gasteiger partial charge in [0.15, 0.2) is 0 Å². The van der Waals surface area contributed by atoms with E-state index in [0.29, 0.717) is 5.69 Å². The van der Waals surface area contributed by atoms with Gasteiger partial charge in [-0.05, 0) is 23.8 Å². The first-order valence-corrected chi connectivity index (χ1v) is 12.0. The summed E-state index contributed by atoms with van der Waals surface area (Å²) < 4.78 is 45.8. The Morgan fingerprint density at radius 2 is 1.58 bits per heavy atom. The van der Waals surface area contributed by atoms with Crippen molar-refractivity contribution < 1.29 is 17.6 Å². The molecule has 3 aromatic heterocycles. The Morgan fingerprint density at radius 3 is 2.42 bits per heavy atom. The number of halogens is 3. The molecule has 0 aliphatic heterocycles. The van der Waals surface area contributed by atoms with Gasteiger partial charge in [0.2, 0.25) is 0 Å². The zero-order chi connectivity index (χ0) is 24.7. The van der Waals surface area contributed by atoms with Crippen molar-refractivity contribution in [2.24, 2.45) is 0 Å². The van der Waals surface area contributed by atoms with Crippen molar-refractivity contribution in [2.45, 2.75) is 17.2 Å². The van der Waals surface area contributed by atoms with Gasteiger partial charge in [-0.2, -0.15) is 13.2 Å².